The lowest BCUT2D eigenvalue weighted by Gasteiger charge is -2.11. The number of hydrazone groups is 1. The Balaban J connectivity index is 1.76. The number of nitro benzene ring substituents is 1. The Hall–Kier alpha value is -4.45. The normalized spacial score (nSPS) is 11.2. The van der Waals surface area contributed by atoms with Crippen molar-refractivity contribution in [3.63, 3.8) is 0 Å². The first kappa shape index (κ1) is 25.2. The van der Waals surface area contributed by atoms with Gasteiger partial charge >= 0.3 is 10.1 Å². The number of aryl methyl sites for hydroxylation is 1. The molecule has 0 spiro atoms. The first-order valence-corrected chi connectivity index (χ1v) is 11.4. The van der Waals surface area contributed by atoms with Gasteiger partial charge in [-0.05, 0) is 54.4 Å². The van der Waals surface area contributed by atoms with Gasteiger partial charge in [0.25, 0.3) is 11.6 Å². The van der Waals surface area contributed by atoms with E-state index >= 15 is 0 Å². The molecule has 0 bridgehead atoms. The molecular weight excluding hydrogens is 478 g/mol. The number of rotatable bonds is 9. The van der Waals surface area contributed by atoms with Gasteiger partial charge in [0.1, 0.15) is 10.6 Å². The second kappa shape index (κ2) is 10.7. The van der Waals surface area contributed by atoms with Crippen LogP contribution in [-0.4, -0.2) is 39.7 Å². The summed E-state index contributed by atoms with van der Waals surface area (Å²) >= 11 is 0. The number of nitro groups is 1. The molecule has 11 nitrogen and oxygen atoms in total. The molecule has 182 valence electrons. The number of ether oxygens (including phenoxy) is 2. The molecule has 0 unspecified atom stereocenters. The van der Waals surface area contributed by atoms with E-state index in [9.17, 15) is 23.3 Å². The highest BCUT2D eigenvalue weighted by Crippen LogP contribution is 2.31. The lowest BCUT2D eigenvalue weighted by atomic mass is 10.1. The van der Waals surface area contributed by atoms with Crippen molar-refractivity contribution in [2.45, 2.75) is 11.8 Å². The van der Waals surface area contributed by atoms with Crippen LogP contribution in [0.5, 0.6) is 17.2 Å². The summed E-state index contributed by atoms with van der Waals surface area (Å²) in [6, 6.07) is 13.9. The van der Waals surface area contributed by atoms with Crippen LogP contribution in [0, 0.1) is 17.0 Å². The minimum absolute atomic E-state index is 0.0643. The smallest absolute Gasteiger partial charge is 0.339 e. The van der Waals surface area contributed by atoms with Crippen LogP contribution in [-0.2, 0) is 10.1 Å². The molecule has 0 fully saturated rings. The predicted octanol–water partition coefficient (Wildman–Crippen LogP) is 3.45. The molecule has 0 radical (unpaired) electrons. The third kappa shape index (κ3) is 6.12. The Bertz CT molecular complexity index is 1400. The van der Waals surface area contributed by atoms with Crippen molar-refractivity contribution in [3.05, 3.63) is 87.5 Å². The number of amides is 1. The van der Waals surface area contributed by atoms with Gasteiger partial charge in [-0.15, -0.1) is 0 Å². The number of nitrogens with zero attached hydrogens (tertiary/aromatic N) is 2. The molecule has 12 heteroatoms. The van der Waals surface area contributed by atoms with Crippen molar-refractivity contribution >= 4 is 27.9 Å². The van der Waals surface area contributed by atoms with Crippen molar-refractivity contribution in [2.24, 2.45) is 5.10 Å². The molecule has 1 amide bonds. The van der Waals surface area contributed by atoms with E-state index in [2.05, 4.69) is 10.5 Å². The maximum atomic E-state index is 12.6. The number of methoxy groups -OCH3 is 2. The fourth-order valence-corrected chi connectivity index (χ4v) is 3.94. The second-order valence-corrected chi connectivity index (χ2v) is 8.65. The molecule has 3 rings (SSSR count). The fraction of sp³-hybridized carbons (Fsp3) is 0.130. The van der Waals surface area contributed by atoms with E-state index in [1.54, 1.807) is 18.2 Å². The van der Waals surface area contributed by atoms with Crippen molar-refractivity contribution < 1.29 is 31.8 Å². The number of hydrogen-bond acceptors (Lipinski definition) is 9. The largest absolute Gasteiger partial charge is 0.496 e. The quantitative estimate of drug-likeness (QED) is 0.204. The zero-order chi connectivity index (χ0) is 25.6. The molecule has 0 heterocycles. The van der Waals surface area contributed by atoms with Gasteiger partial charge in [-0.3, -0.25) is 14.9 Å². The van der Waals surface area contributed by atoms with E-state index in [0.29, 0.717) is 16.9 Å². The number of benzene rings is 3. The molecule has 3 aromatic carbocycles. The molecule has 3 aromatic rings. The zero-order valence-corrected chi connectivity index (χ0v) is 19.7. The van der Waals surface area contributed by atoms with Crippen LogP contribution in [0.15, 0.2) is 70.7 Å². The van der Waals surface area contributed by atoms with Gasteiger partial charge in [0, 0.05) is 12.1 Å². The van der Waals surface area contributed by atoms with Gasteiger partial charge in [-0.2, -0.15) is 13.5 Å². The minimum Gasteiger partial charge on any atom is -0.496 e. The predicted molar refractivity (Wildman–Crippen MR) is 127 cm³/mol. The highest BCUT2D eigenvalue weighted by Gasteiger charge is 2.22. The average Bonchev–Trinajstić information content (AvgIpc) is 2.84. The average molecular weight is 500 g/mol. The van der Waals surface area contributed by atoms with Gasteiger partial charge in [0.2, 0.25) is 0 Å². The minimum atomic E-state index is -4.37. The van der Waals surface area contributed by atoms with Gasteiger partial charge in [0.05, 0.1) is 30.9 Å². The topological polar surface area (TPSA) is 146 Å². The van der Waals surface area contributed by atoms with Crippen molar-refractivity contribution in [2.75, 3.05) is 14.2 Å². The van der Waals surface area contributed by atoms with Crippen molar-refractivity contribution in [1.29, 1.82) is 0 Å². The summed E-state index contributed by atoms with van der Waals surface area (Å²) in [6.45, 7) is 1.87. The van der Waals surface area contributed by atoms with Gasteiger partial charge in [0.15, 0.2) is 11.5 Å². The SMILES string of the molecule is COc1cc(/C=N\NC(=O)c2ccc(C)cc2OC)ccc1OS(=O)(=O)c1cccc([N+](=O)[O-])c1. The molecule has 0 saturated carbocycles. The molecule has 0 aliphatic heterocycles. The summed E-state index contributed by atoms with van der Waals surface area (Å²) in [5.41, 5.74) is 3.72. The summed E-state index contributed by atoms with van der Waals surface area (Å²) in [5, 5.41) is 14.8. The molecule has 0 saturated heterocycles. The number of nitrogens with one attached hydrogen (secondary N) is 1. The molecule has 0 aliphatic rings. The first-order chi connectivity index (χ1) is 16.6. The van der Waals surface area contributed by atoms with Crippen LogP contribution < -0.4 is 19.1 Å². The highest BCUT2D eigenvalue weighted by atomic mass is 32.2. The van der Waals surface area contributed by atoms with E-state index in [-0.39, 0.29) is 16.4 Å². The Labute approximate surface area is 201 Å². The Morgan fingerprint density at radius 2 is 1.74 bits per heavy atom. The van der Waals surface area contributed by atoms with Crippen molar-refractivity contribution in [1.82, 2.24) is 5.43 Å². The lowest BCUT2D eigenvalue weighted by Crippen LogP contribution is -2.18. The van der Waals surface area contributed by atoms with E-state index in [4.69, 9.17) is 13.7 Å². The maximum Gasteiger partial charge on any atom is 0.339 e. The standard InChI is InChI=1S/C23H21N3O8S/c1-15-7-9-19(21(11-15)32-2)23(27)25-24-14-16-8-10-20(22(12-16)33-3)34-35(30,31)18-6-4-5-17(13-18)26(28)29/h4-14H,1-3H3,(H,25,27)/b24-14-. The van der Waals surface area contributed by atoms with Crippen LogP contribution in [0.3, 0.4) is 0 Å². The summed E-state index contributed by atoms with van der Waals surface area (Å²) in [5.74, 6) is -0.141. The maximum absolute atomic E-state index is 12.6. The number of carbonyl (C=O) groups excluding carboxylic acids is 1. The van der Waals surface area contributed by atoms with Gasteiger partial charge in [-0.1, -0.05) is 12.1 Å². The van der Waals surface area contributed by atoms with Crippen LogP contribution in [0.4, 0.5) is 5.69 Å². The molecule has 0 atom stereocenters. The van der Waals surface area contributed by atoms with E-state index < -0.39 is 26.6 Å². The summed E-state index contributed by atoms with van der Waals surface area (Å²) in [4.78, 5) is 22.3. The zero-order valence-electron chi connectivity index (χ0n) is 18.9. The van der Waals surface area contributed by atoms with Crippen LogP contribution >= 0.6 is 0 Å². The summed E-state index contributed by atoms with van der Waals surface area (Å²) in [7, 11) is -1.59. The molecule has 0 aromatic heterocycles. The highest BCUT2D eigenvalue weighted by molar-refractivity contribution is 7.87. The van der Waals surface area contributed by atoms with Gasteiger partial charge < -0.3 is 13.7 Å². The summed E-state index contributed by atoms with van der Waals surface area (Å²) < 4.78 is 40.8. The summed E-state index contributed by atoms with van der Waals surface area (Å²) in [6.07, 6.45) is 1.33. The Morgan fingerprint density at radius 3 is 2.43 bits per heavy atom. The van der Waals surface area contributed by atoms with Gasteiger partial charge in [-0.25, -0.2) is 5.43 Å². The Morgan fingerprint density at radius 1 is 1.00 bits per heavy atom. The van der Waals surface area contributed by atoms with E-state index in [0.717, 1.165) is 11.6 Å². The lowest BCUT2D eigenvalue weighted by molar-refractivity contribution is -0.385. The van der Waals surface area contributed by atoms with E-state index in [1.165, 1.54) is 56.8 Å². The third-order valence-electron chi connectivity index (χ3n) is 4.69. The fourth-order valence-electron chi connectivity index (χ4n) is 2.96. The van der Waals surface area contributed by atoms with Crippen LogP contribution in [0.1, 0.15) is 21.5 Å². The first-order valence-electron chi connectivity index (χ1n) is 9.99. The van der Waals surface area contributed by atoms with Crippen LogP contribution in [0.25, 0.3) is 0 Å². The monoisotopic (exact) mass is 499 g/mol. The molecule has 0 aliphatic carbocycles. The number of non-ortho nitro benzene ring substituents is 1. The third-order valence-corrected chi connectivity index (χ3v) is 5.92. The number of carbonyl (C=O) groups is 1. The van der Waals surface area contributed by atoms with E-state index in [1.807, 2.05) is 6.92 Å². The molecular formula is C23H21N3O8S. The van der Waals surface area contributed by atoms with Crippen molar-refractivity contribution in [3.8, 4) is 17.2 Å². The number of hydrogen-bond donors (Lipinski definition) is 1. The second-order valence-electron chi connectivity index (χ2n) is 7.11. The molecule has 1 N–H and O–H groups in total. The molecule has 35 heavy (non-hydrogen) atoms. The Kier molecular flexibility index (Phi) is 7.66. The van der Waals surface area contributed by atoms with Crippen LogP contribution in [0.2, 0.25) is 0 Å².